The number of carbonyl (C=O) groups is 1. The summed E-state index contributed by atoms with van der Waals surface area (Å²) in [6, 6.07) is 9.87. The summed E-state index contributed by atoms with van der Waals surface area (Å²) in [6.45, 7) is 4.14. The average Bonchev–Trinajstić information content (AvgIpc) is 2.39. The van der Waals surface area contributed by atoms with Crippen molar-refractivity contribution in [3.63, 3.8) is 0 Å². The Kier molecular flexibility index (Phi) is 7.06. The van der Waals surface area contributed by atoms with E-state index in [2.05, 4.69) is 18.3 Å². The molecule has 0 unspecified atom stereocenters. The van der Waals surface area contributed by atoms with E-state index >= 15 is 0 Å². The smallest absolute Gasteiger partial charge is 0.230 e. The molecule has 1 amide bonds. The summed E-state index contributed by atoms with van der Waals surface area (Å²) in [5.74, 6) is 1.30. The van der Waals surface area contributed by atoms with Gasteiger partial charge in [0, 0.05) is 11.8 Å². The number of benzene rings is 1. The summed E-state index contributed by atoms with van der Waals surface area (Å²) in [5.41, 5.74) is 1.75. The van der Waals surface area contributed by atoms with Crippen molar-refractivity contribution in [2.24, 2.45) is 0 Å². The van der Waals surface area contributed by atoms with E-state index in [-0.39, 0.29) is 11.9 Å². The Morgan fingerprint density at radius 1 is 1.53 bits per heavy atom. The zero-order valence-corrected chi connectivity index (χ0v) is 12.3. The third-order valence-electron chi connectivity index (χ3n) is 2.69. The number of nitriles is 1. The van der Waals surface area contributed by atoms with Crippen molar-refractivity contribution >= 4 is 17.7 Å². The summed E-state index contributed by atoms with van der Waals surface area (Å²) >= 11 is 1.57. The molecule has 0 saturated heterocycles. The lowest BCUT2D eigenvalue weighted by atomic mass is 10.2. The van der Waals surface area contributed by atoms with Crippen LogP contribution in [0.15, 0.2) is 24.3 Å². The van der Waals surface area contributed by atoms with Gasteiger partial charge in [-0.15, -0.1) is 11.8 Å². The van der Waals surface area contributed by atoms with Crippen molar-refractivity contribution in [2.45, 2.75) is 38.5 Å². The second kappa shape index (κ2) is 8.60. The van der Waals surface area contributed by atoms with E-state index in [4.69, 9.17) is 5.26 Å². The SMILES string of the molecule is CCC[C@H](C)NC(=O)CSCc1cccc(C#N)c1. The van der Waals surface area contributed by atoms with Crippen LogP contribution < -0.4 is 5.32 Å². The van der Waals surface area contributed by atoms with Crippen LogP contribution in [0.4, 0.5) is 0 Å². The highest BCUT2D eigenvalue weighted by Gasteiger charge is 2.06. The minimum Gasteiger partial charge on any atom is -0.353 e. The van der Waals surface area contributed by atoms with Gasteiger partial charge in [0.2, 0.25) is 5.91 Å². The first kappa shape index (κ1) is 15.6. The molecule has 0 aliphatic carbocycles. The van der Waals surface area contributed by atoms with Crippen LogP contribution in [0.3, 0.4) is 0 Å². The van der Waals surface area contributed by atoms with Gasteiger partial charge in [0.1, 0.15) is 0 Å². The van der Waals surface area contributed by atoms with Gasteiger partial charge in [0.15, 0.2) is 0 Å². The van der Waals surface area contributed by atoms with Crippen molar-refractivity contribution in [1.82, 2.24) is 5.32 Å². The molecule has 0 heterocycles. The molecule has 1 atom stereocenters. The number of carbonyl (C=O) groups excluding carboxylic acids is 1. The average molecular weight is 276 g/mol. The van der Waals surface area contributed by atoms with Crippen LogP contribution in [0.25, 0.3) is 0 Å². The summed E-state index contributed by atoms with van der Waals surface area (Å²) in [7, 11) is 0. The molecule has 0 spiro atoms. The summed E-state index contributed by atoms with van der Waals surface area (Å²) in [6.07, 6.45) is 2.09. The van der Waals surface area contributed by atoms with Crippen LogP contribution in [0.5, 0.6) is 0 Å². The van der Waals surface area contributed by atoms with E-state index in [1.165, 1.54) is 0 Å². The molecular formula is C15H20N2OS. The molecule has 1 aromatic rings. The molecule has 0 aliphatic rings. The lowest BCUT2D eigenvalue weighted by Gasteiger charge is -2.12. The zero-order chi connectivity index (χ0) is 14.1. The second-order valence-electron chi connectivity index (χ2n) is 4.56. The number of thioether (sulfide) groups is 1. The molecule has 0 aromatic heterocycles. The lowest BCUT2D eigenvalue weighted by Crippen LogP contribution is -2.33. The Labute approximate surface area is 119 Å². The van der Waals surface area contributed by atoms with Crippen LogP contribution >= 0.6 is 11.8 Å². The molecule has 4 heteroatoms. The molecule has 1 aromatic carbocycles. The minimum atomic E-state index is 0.0855. The van der Waals surface area contributed by atoms with Crippen molar-refractivity contribution in [1.29, 1.82) is 5.26 Å². The first-order valence-electron chi connectivity index (χ1n) is 6.51. The highest BCUT2D eigenvalue weighted by atomic mass is 32.2. The van der Waals surface area contributed by atoms with Crippen molar-refractivity contribution in [3.8, 4) is 6.07 Å². The minimum absolute atomic E-state index is 0.0855. The van der Waals surface area contributed by atoms with E-state index in [9.17, 15) is 4.79 Å². The molecule has 19 heavy (non-hydrogen) atoms. The third kappa shape index (κ3) is 6.30. The Bertz CT molecular complexity index is 454. The highest BCUT2D eigenvalue weighted by Crippen LogP contribution is 2.13. The molecule has 1 rings (SSSR count). The highest BCUT2D eigenvalue weighted by molar-refractivity contribution is 7.99. The van der Waals surface area contributed by atoms with Crippen LogP contribution in [-0.4, -0.2) is 17.7 Å². The topological polar surface area (TPSA) is 52.9 Å². The van der Waals surface area contributed by atoms with Gasteiger partial charge in [0.05, 0.1) is 17.4 Å². The Morgan fingerprint density at radius 2 is 2.32 bits per heavy atom. The maximum Gasteiger partial charge on any atom is 0.230 e. The Morgan fingerprint density at radius 3 is 3.00 bits per heavy atom. The van der Waals surface area contributed by atoms with Gasteiger partial charge in [-0.1, -0.05) is 25.5 Å². The first-order valence-corrected chi connectivity index (χ1v) is 7.67. The quantitative estimate of drug-likeness (QED) is 0.832. The molecule has 3 nitrogen and oxygen atoms in total. The zero-order valence-electron chi connectivity index (χ0n) is 11.5. The predicted molar refractivity (Wildman–Crippen MR) is 79.8 cm³/mol. The van der Waals surface area contributed by atoms with Gasteiger partial charge in [-0.2, -0.15) is 5.26 Å². The Hall–Kier alpha value is -1.47. The van der Waals surface area contributed by atoms with Crippen LogP contribution in [0.1, 0.15) is 37.8 Å². The monoisotopic (exact) mass is 276 g/mol. The number of hydrogen-bond acceptors (Lipinski definition) is 3. The number of hydrogen-bond donors (Lipinski definition) is 1. The van der Waals surface area contributed by atoms with Crippen LogP contribution in [-0.2, 0) is 10.5 Å². The van der Waals surface area contributed by atoms with Crippen molar-refractivity contribution < 1.29 is 4.79 Å². The maximum atomic E-state index is 11.7. The molecule has 0 aliphatic heterocycles. The van der Waals surface area contributed by atoms with E-state index < -0.39 is 0 Å². The normalized spacial score (nSPS) is 11.6. The number of rotatable bonds is 7. The van der Waals surface area contributed by atoms with Gasteiger partial charge in [-0.25, -0.2) is 0 Å². The third-order valence-corrected chi connectivity index (χ3v) is 3.69. The molecule has 0 bridgehead atoms. The van der Waals surface area contributed by atoms with Crippen molar-refractivity contribution in [2.75, 3.05) is 5.75 Å². The number of nitrogens with one attached hydrogen (secondary N) is 1. The maximum absolute atomic E-state index is 11.7. The fraction of sp³-hybridized carbons (Fsp3) is 0.467. The molecule has 0 saturated carbocycles. The predicted octanol–water partition coefficient (Wildman–Crippen LogP) is 3.10. The van der Waals surface area contributed by atoms with E-state index in [1.807, 2.05) is 25.1 Å². The summed E-state index contributed by atoms with van der Waals surface area (Å²) in [4.78, 5) is 11.7. The van der Waals surface area contributed by atoms with Crippen LogP contribution in [0, 0.1) is 11.3 Å². The van der Waals surface area contributed by atoms with Gasteiger partial charge >= 0.3 is 0 Å². The number of nitrogens with zero attached hydrogens (tertiary/aromatic N) is 1. The number of amides is 1. The largest absolute Gasteiger partial charge is 0.353 e. The van der Waals surface area contributed by atoms with Gasteiger partial charge in [-0.3, -0.25) is 4.79 Å². The van der Waals surface area contributed by atoms with Gasteiger partial charge in [0.25, 0.3) is 0 Å². The molecule has 0 radical (unpaired) electrons. The van der Waals surface area contributed by atoms with Gasteiger partial charge < -0.3 is 5.32 Å². The van der Waals surface area contributed by atoms with E-state index in [1.54, 1.807) is 17.8 Å². The molecular weight excluding hydrogens is 256 g/mol. The van der Waals surface area contributed by atoms with E-state index in [0.717, 1.165) is 24.2 Å². The van der Waals surface area contributed by atoms with Crippen molar-refractivity contribution in [3.05, 3.63) is 35.4 Å². The summed E-state index contributed by atoms with van der Waals surface area (Å²) in [5, 5.41) is 11.8. The first-order chi connectivity index (χ1) is 9.15. The fourth-order valence-corrected chi connectivity index (χ4v) is 2.60. The van der Waals surface area contributed by atoms with E-state index in [0.29, 0.717) is 11.3 Å². The standard InChI is InChI=1S/C15H20N2OS/c1-3-5-12(2)17-15(18)11-19-10-14-7-4-6-13(8-14)9-16/h4,6-8,12H,3,5,10-11H2,1-2H3,(H,17,18)/t12-/m0/s1. The second-order valence-corrected chi connectivity index (χ2v) is 5.55. The fourth-order valence-electron chi connectivity index (χ4n) is 1.81. The molecule has 1 N–H and O–H groups in total. The summed E-state index contributed by atoms with van der Waals surface area (Å²) < 4.78 is 0. The Balaban J connectivity index is 2.30. The molecule has 0 fully saturated rings. The van der Waals surface area contributed by atoms with Gasteiger partial charge in [-0.05, 0) is 31.0 Å². The van der Waals surface area contributed by atoms with Crippen LogP contribution in [0.2, 0.25) is 0 Å². The lowest BCUT2D eigenvalue weighted by molar-refractivity contribution is -0.119. The molecule has 102 valence electrons.